The summed E-state index contributed by atoms with van der Waals surface area (Å²) < 4.78 is 20.7. The molecular formula is C18H21FN3O4+. The minimum absolute atomic E-state index is 0.0263. The molecule has 0 saturated heterocycles. The molecule has 2 aliphatic heterocycles. The summed E-state index contributed by atoms with van der Waals surface area (Å²) in [5.41, 5.74) is 6.50. The Morgan fingerprint density at radius 2 is 2.08 bits per heavy atom. The van der Waals surface area contributed by atoms with Gasteiger partial charge >= 0.3 is 11.8 Å². The van der Waals surface area contributed by atoms with Crippen molar-refractivity contribution in [2.45, 2.75) is 56.8 Å². The van der Waals surface area contributed by atoms with E-state index < -0.39 is 11.9 Å². The molecule has 4 rings (SSSR count). The first-order valence-electron chi connectivity index (χ1n) is 8.86. The predicted octanol–water partition coefficient (Wildman–Crippen LogP) is -0.234. The Bertz CT molecular complexity index is 810. The van der Waals surface area contributed by atoms with Gasteiger partial charge in [0.25, 0.3) is 5.91 Å². The van der Waals surface area contributed by atoms with Crippen LogP contribution in [0.2, 0.25) is 0 Å². The summed E-state index contributed by atoms with van der Waals surface area (Å²) in [6.07, 6.45) is 2.87. The van der Waals surface area contributed by atoms with Gasteiger partial charge in [0.15, 0.2) is 17.6 Å². The van der Waals surface area contributed by atoms with Gasteiger partial charge in [-0.3, -0.25) is 4.79 Å². The lowest BCUT2D eigenvalue weighted by Gasteiger charge is -2.24. The fourth-order valence-electron chi connectivity index (χ4n) is 3.96. The number of nitrogens with zero attached hydrogens (tertiary/aromatic N) is 1. The highest BCUT2D eigenvalue weighted by Crippen LogP contribution is 2.34. The normalized spacial score (nSPS) is 28.3. The van der Waals surface area contributed by atoms with E-state index in [0.717, 1.165) is 19.3 Å². The molecule has 0 radical (unpaired) electrons. The molecule has 1 aliphatic carbocycles. The van der Waals surface area contributed by atoms with E-state index in [1.54, 1.807) is 6.07 Å². The molecule has 1 aromatic rings. The molecule has 2 heterocycles. The van der Waals surface area contributed by atoms with Crippen molar-refractivity contribution in [2.75, 3.05) is 0 Å². The van der Waals surface area contributed by atoms with Gasteiger partial charge in [-0.05, 0) is 37.8 Å². The van der Waals surface area contributed by atoms with E-state index in [2.05, 4.69) is 4.99 Å². The zero-order chi connectivity index (χ0) is 18.4. The van der Waals surface area contributed by atoms with Gasteiger partial charge in [0.1, 0.15) is 6.10 Å². The number of carbonyl (C=O) groups is 2. The molecule has 0 spiro atoms. The van der Waals surface area contributed by atoms with Crippen molar-refractivity contribution in [2.24, 2.45) is 5.73 Å². The number of rotatable bonds is 3. The van der Waals surface area contributed by atoms with E-state index in [1.807, 2.05) is 0 Å². The van der Waals surface area contributed by atoms with Crippen molar-refractivity contribution >= 4 is 17.7 Å². The van der Waals surface area contributed by atoms with Crippen LogP contribution in [-0.2, 0) is 11.3 Å². The van der Waals surface area contributed by atoms with Crippen LogP contribution >= 0.6 is 0 Å². The number of fused-ring (bicyclic) bond motifs is 1. The van der Waals surface area contributed by atoms with Crippen molar-refractivity contribution in [1.29, 1.82) is 0 Å². The molecular weight excluding hydrogens is 341 g/mol. The number of amides is 2. The molecule has 7 nitrogen and oxygen atoms in total. The summed E-state index contributed by atoms with van der Waals surface area (Å²) in [6.45, 7) is 0.0263. The van der Waals surface area contributed by atoms with E-state index in [0.29, 0.717) is 6.42 Å². The van der Waals surface area contributed by atoms with E-state index in [4.69, 9.17) is 10.5 Å². The molecule has 1 fully saturated rings. The number of carbonyl (C=O) groups excluding carboxylic acids is 2. The number of ether oxygens (including phenoxy) is 1. The lowest BCUT2D eigenvalue weighted by atomic mass is 10.1. The second-order valence-electron chi connectivity index (χ2n) is 7.08. The molecule has 26 heavy (non-hydrogen) atoms. The number of halogens is 1. The molecule has 1 aromatic carbocycles. The monoisotopic (exact) mass is 362 g/mol. The molecule has 3 aliphatic rings. The molecule has 0 bridgehead atoms. The van der Waals surface area contributed by atoms with E-state index in [9.17, 15) is 19.1 Å². The van der Waals surface area contributed by atoms with Crippen molar-refractivity contribution in [3.8, 4) is 5.75 Å². The Morgan fingerprint density at radius 1 is 1.27 bits per heavy atom. The fourth-order valence-corrected chi connectivity index (χ4v) is 3.96. The van der Waals surface area contributed by atoms with Crippen molar-refractivity contribution in [3.63, 3.8) is 0 Å². The maximum Gasteiger partial charge on any atom is 0.388 e. The number of nitrogens with one attached hydrogen (secondary N) is 1. The van der Waals surface area contributed by atoms with Crippen LogP contribution in [0.1, 0.15) is 48.0 Å². The second-order valence-corrected chi connectivity index (χ2v) is 7.08. The minimum Gasteiger partial charge on any atom is -0.486 e. The third-order valence-corrected chi connectivity index (χ3v) is 5.41. The number of hydrogen-bond acceptors (Lipinski definition) is 4. The van der Waals surface area contributed by atoms with Gasteiger partial charge < -0.3 is 20.5 Å². The van der Waals surface area contributed by atoms with Crippen molar-refractivity contribution in [1.82, 2.24) is 4.90 Å². The quantitative estimate of drug-likeness (QED) is 0.688. The highest BCUT2D eigenvalue weighted by molar-refractivity contribution is 6.01. The molecule has 1 saturated carbocycles. The van der Waals surface area contributed by atoms with Gasteiger partial charge in [-0.25, -0.2) is 9.18 Å². The molecule has 4 N–H and O–H groups in total. The highest BCUT2D eigenvalue weighted by atomic mass is 19.1. The number of aliphatic hydroxyl groups is 1. The van der Waals surface area contributed by atoms with Crippen LogP contribution in [0.25, 0.3) is 0 Å². The van der Waals surface area contributed by atoms with Gasteiger partial charge in [0.05, 0.1) is 13.0 Å². The van der Waals surface area contributed by atoms with Gasteiger partial charge in [0, 0.05) is 17.2 Å². The number of benzene rings is 1. The number of nitrogens with two attached hydrogens (primary N) is 1. The van der Waals surface area contributed by atoms with E-state index in [-0.39, 0.29) is 59.7 Å². The lowest BCUT2D eigenvalue weighted by Crippen LogP contribution is -2.82. The molecule has 0 aromatic heterocycles. The molecule has 3 atom stereocenters. The van der Waals surface area contributed by atoms with Gasteiger partial charge in [-0.1, -0.05) is 0 Å². The Labute approximate surface area is 149 Å². The Hall–Kier alpha value is -2.48. The Balaban J connectivity index is 1.59. The highest BCUT2D eigenvalue weighted by Gasteiger charge is 2.42. The first-order valence-corrected chi connectivity index (χ1v) is 8.86. The van der Waals surface area contributed by atoms with Crippen LogP contribution in [0.4, 0.5) is 4.39 Å². The van der Waals surface area contributed by atoms with Crippen molar-refractivity contribution < 1.29 is 28.8 Å². The maximum atomic E-state index is 14.9. The summed E-state index contributed by atoms with van der Waals surface area (Å²) in [6, 6.07) is 2.25. The zero-order valence-electron chi connectivity index (χ0n) is 14.2. The number of hydrogen-bond donors (Lipinski definition) is 3. The summed E-state index contributed by atoms with van der Waals surface area (Å²) in [7, 11) is 0. The van der Waals surface area contributed by atoms with Gasteiger partial charge in [-0.2, -0.15) is 0 Å². The third-order valence-electron chi connectivity index (χ3n) is 5.41. The average Bonchev–Trinajstić information content (AvgIpc) is 3.15. The van der Waals surface area contributed by atoms with Crippen LogP contribution < -0.4 is 15.5 Å². The van der Waals surface area contributed by atoms with E-state index in [1.165, 1.54) is 11.0 Å². The SMILES string of the molecule is NC1CCCC1Oc1ccc2c(c1F)CN(C1CCC(=O)[NH+]=C1O)C2=O. The zero-order valence-corrected chi connectivity index (χ0v) is 14.2. The number of aliphatic hydroxyl groups excluding tert-OH is 1. The average molecular weight is 362 g/mol. The lowest BCUT2D eigenvalue weighted by molar-refractivity contribution is -0.394. The second kappa shape index (κ2) is 6.35. The Morgan fingerprint density at radius 3 is 2.77 bits per heavy atom. The summed E-state index contributed by atoms with van der Waals surface area (Å²) in [4.78, 5) is 27.7. The van der Waals surface area contributed by atoms with Crippen LogP contribution in [0.5, 0.6) is 5.75 Å². The Kier molecular flexibility index (Phi) is 4.14. The fraction of sp³-hybridized carbons (Fsp3) is 0.500. The summed E-state index contributed by atoms with van der Waals surface area (Å²) >= 11 is 0. The summed E-state index contributed by atoms with van der Waals surface area (Å²) in [5, 5.41) is 10.00. The van der Waals surface area contributed by atoms with Gasteiger partial charge in [0.2, 0.25) is 0 Å². The third kappa shape index (κ3) is 2.74. The van der Waals surface area contributed by atoms with Crippen molar-refractivity contribution in [3.05, 3.63) is 29.1 Å². The summed E-state index contributed by atoms with van der Waals surface area (Å²) in [5.74, 6) is -1.38. The van der Waals surface area contributed by atoms with Crippen LogP contribution in [-0.4, -0.2) is 45.9 Å². The predicted molar refractivity (Wildman–Crippen MR) is 89.1 cm³/mol. The maximum absolute atomic E-state index is 14.9. The van der Waals surface area contributed by atoms with Crippen LogP contribution in [0.3, 0.4) is 0 Å². The van der Waals surface area contributed by atoms with Crippen LogP contribution in [0.15, 0.2) is 12.1 Å². The van der Waals surface area contributed by atoms with Gasteiger partial charge in [-0.15, -0.1) is 4.99 Å². The standard InChI is InChI=1S/C18H20FN3O4/c19-16-10-8-22(12-5-7-15(23)21-17(12)24)18(25)9(10)4-6-14(16)26-13-3-1-2-11(13)20/h4,6,11-13H,1-3,5,7-8,20H2,(H,21,23,24)/p+1. The molecule has 138 valence electrons. The van der Waals surface area contributed by atoms with Crippen LogP contribution in [0, 0.1) is 5.82 Å². The van der Waals surface area contributed by atoms with E-state index >= 15 is 0 Å². The molecule has 3 unspecified atom stereocenters. The minimum atomic E-state index is -0.653. The topological polar surface area (TPSA) is 107 Å². The molecule has 8 heteroatoms. The smallest absolute Gasteiger partial charge is 0.388 e. The first-order chi connectivity index (χ1) is 12.5. The largest absolute Gasteiger partial charge is 0.486 e. The molecule has 2 amide bonds. The first kappa shape index (κ1) is 17.0.